The van der Waals surface area contributed by atoms with Crippen molar-refractivity contribution in [1.29, 1.82) is 10.5 Å². The number of nitrogens with zero attached hydrogens (tertiary/aromatic N) is 6. The third-order valence-electron chi connectivity index (χ3n) is 9.43. The summed E-state index contributed by atoms with van der Waals surface area (Å²) in [6, 6.07) is 8.46. The molecule has 0 spiro atoms. The molecule has 0 radical (unpaired) electrons. The zero-order valence-corrected chi connectivity index (χ0v) is 25.8. The molecule has 3 saturated heterocycles. The average Bonchev–Trinajstić information content (AvgIpc) is 3.59. The Hall–Kier alpha value is -3.84. The van der Waals surface area contributed by atoms with E-state index in [9.17, 15) is 19.3 Å². The third kappa shape index (κ3) is 5.00. The number of thiophene rings is 1. The first-order chi connectivity index (χ1) is 21.7. The van der Waals surface area contributed by atoms with E-state index in [-0.39, 0.29) is 60.9 Å². The number of nitriles is 2. The van der Waals surface area contributed by atoms with Gasteiger partial charge in [-0.25, -0.2) is 13.2 Å². The summed E-state index contributed by atoms with van der Waals surface area (Å²) in [5.74, 6) is -1.22. The van der Waals surface area contributed by atoms with E-state index in [1.165, 1.54) is 12.1 Å². The molecule has 0 amide bonds. The van der Waals surface area contributed by atoms with E-state index in [1.807, 2.05) is 11.0 Å². The first-order valence-electron chi connectivity index (χ1n) is 15.0. The van der Waals surface area contributed by atoms with Crippen LogP contribution < -0.4 is 15.4 Å². The number of hydrogen-bond acceptors (Lipinski definition) is 9. The average molecular weight is 652 g/mol. The van der Waals surface area contributed by atoms with Crippen molar-refractivity contribution in [3.05, 3.63) is 40.4 Å². The number of fused-ring (bicyclic) bond motifs is 3. The number of rotatable bonds is 5. The van der Waals surface area contributed by atoms with Gasteiger partial charge in [0.1, 0.15) is 41.0 Å². The lowest BCUT2D eigenvalue weighted by molar-refractivity contribution is 0.107. The van der Waals surface area contributed by atoms with Crippen molar-refractivity contribution < 1.29 is 17.9 Å². The molecular weight excluding hydrogens is 623 g/mol. The van der Waals surface area contributed by atoms with E-state index >= 15 is 4.39 Å². The molecule has 3 aliphatic rings. The summed E-state index contributed by atoms with van der Waals surface area (Å²) < 4.78 is 52.5. The minimum absolute atomic E-state index is 0.0205. The van der Waals surface area contributed by atoms with Crippen molar-refractivity contribution >= 4 is 54.7 Å². The molecule has 0 saturated carbocycles. The summed E-state index contributed by atoms with van der Waals surface area (Å²) in [5.41, 5.74) is 5.71. The number of ether oxygens (including phenoxy) is 1. The molecule has 0 unspecified atom stereocenters. The standard InChI is InChI=1S/C32H29ClF3N7OS/c33-22-10-20-27(26(36)25(22)19-5-6-23(35)28-24(19)21(13-38)29(39)45-28)40-31(41-30(20)42-8-2-1-4-17(12-37)14-42)44-16-32-7-3-9-43(32)15-18(34)11-32/h5-6,10,17-18H,1-4,7-9,11,14-16,39H2/t17-,18+,32-/m0/s1. The quantitative estimate of drug-likeness (QED) is 0.246. The fourth-order valence-electron chi connectivity index (χ4n) is 7.31. The van der Waals surface area contributed by atoms with Crippen molar-refractivity contribution in [2.75, 3.05) is 43.4 Å². The van der Waals surface area contributed by atoms with Crippen LogP contribution in [0.2, 0.25) is 5.02 Å². The van der Waals surface area contributed by atoms with Crippen LogP contribution in [0.1, 0.15) is 44.1 Å². The SMILES string of the molecule is N#Cc1c(N)sc2c(F)ccc(-c3c(Cl)cc4c(N5CCCC[C@@H](C#N)C5)nc(OC[C@@]56CCCN5C[C@H](F)C6)nc4c3F)c12. The Balaban J connectivity index is 1.40. The van der Waals surface area contributed by atoms with Crippen LogP contribution >= 0.6 is 22.9 Å². The summed E-state index contributed by atoms with van der Waals surface area (Å²) in [6.45, 7) is 2.28. The van der Waals surface area contributed by atoms with E-state index < -0.39 is 23.3 Å². The van der Waals surface area contributed by atoms with Gasteiger partial charge in [0, 0.05) is 42.4 Å². The van der Waals surface area contributed by atoms with Gasteiger partial charge < -0.3 is 15.4 Å². The van der Waals surface area contributed by atoms with Crippen LogP contribution in [0.4, 0.5) is 24.0 Å². The molecule has 4 aromatic rings. The highest BCUT2D eigenvalue weighted by molar-refractivity contribution is 7.23. The second-order valence-electron chi connectivity index (χ2n) is 12.2. The summed E-state index contributed by atoms with van der Waals surface area (Å²) >= 11 is 7.72. The molecule has 2 aromatic heterocycles. The van der Waals surface area contributed by atoms with E-state index in [1.54, 1.807) is 6.07 Å². The molecule has 3 fully saturated rings. The lowest BCUT2D eigenvalue weighted by Crippen LogP contribution is -2.43. The van der Waals surface area contributed by atoms with Gasteiger partial charge in [0.05, 0.1) is 32.8 Å². The van der Waals surface area contributed by atoms with Crippen LogP contribution in [0.15, 0.2) is 18.2 Å². The number of nitrogens with two attached hydrogens (primary N) is 1. The molecule has 2 aromatic carbocycles. The predicted molar refractivity (Wildman–Crippen MR) is 168 cm³/mol. The van der Waals surface area contributed by atoms with Crippen molar-refractivity contribution in [3.63, 3.8) is 0 Å². The van der Waals surface area contributed by atoms with Crippen LogP contribution in [0.3, 0.4) is 0 Å². The number of alkyl halides is 1. The molecule has 13 heteroatoms. The van der Waals surface area contributed by atoms with Crippen molar-refractivity contribution in [2.45, 2.75) is 50.2 Å². The van der Waals surface area contributed by atoms with Crippen LogP contribution in [-0.2, 0) is 0 Å². The predicted octanol–water partition coefficient (Wildman–Crippen LogP) is 6.98. The number of hydrogen-bond donors (Lipinski definition) is 1. The zero-order valence-electron chi connectivity index (χ0n) is 24.3. The van der Waals surface area contributed by atoms with Gasteiger partial charge in [0.25, 0.3) is 0 Å². The highest BCUT2D eigenvalue weighted by Gasteiger charge is 2.49. The summed E-state index contributed by atoms with van der Waals surface area (Å²) in [4.78, 5) is 13.3. The number of halogens is 4. The maximum Gasteiger partial charge on any atom is 0.319 e. The van der Waals surface area contributed by atoms with E-state index in [0.717, 1.165) is 50.0 Å². The van der Waals surface area contributed by atoms with Gasteiger partial charge in [-0.3, -0.25) is 4.90 Å². The lowest BCUT2D eigenvalue weighted by atomic mass is 9.95. The fourth-order valence-corrected chi connectivity index (χ4v) is 8.55. The second-order valence-corrected chi connectivity index (χ2v) is 13.6. The van der Waals surface area contributed by atoms with Crippen molar-refractivity contribution in [2.24, 2.45) is 5.92 Å². The molecule has 7 rings (SSSR count). The van der Waals surface area contributed by atoms with Crippen LogP contribution in [0.25, 0.3) is 32.1 Å². The smallest absolute Gasteiger partial charge is 0.319 e. The molecule has 8 nitrogen and oxygen atoms in total. The van der Waals surface area contributed by atoms with E-state index in [0.29, 0.717) is 37.3 Å². The largest absolute Gasteiger partial charge is 0.461 e. The second kappa shape index (κ2) is 11.5. The summed E-state index contributed by atoms with van der Waals surface area (Å²) in [7, 11) is 0. The van der Waals surface area contributed by atoms with Gasteiger partial charge in [-0.2, -0.15) is 20.5 Å². The number of anilines is 2. The van der Waals surface area contributed by atoms with Crippen molar-refractivity contribution in [3.8, 4) is 29.3 Å². The Labute approximate surface area is 266 Å². The molecule has 232 valence electrons. The van der Waals surface area contributed by atoms with E-state index in [2.05, 4.69) is 16.0 Å². The van der Waals surface area contributed by atoms with Gasteiger partial charge in [0.15, 0.2) is 5.82 Å². The first kappa shape index (κ1) is 29.8. The Kier molecular flexibility index (Phi) is 7.63. The Morgan fingerprint density at radius 2 is 2.00 bits per heavy atom. The highest BCUT2D eigenvalue weighted by atomic mass is 35.5. The zero-order chi connectivity index (χ0) is 31.5. The topological polar surface area (TPSA) is 115 Å². The normalized spacial score (nSPS) is 23.6. The van der Waals surface area contributed by atoms with Crippen molar-refractivity contribution in [1.82, 2.24) is 14.9 Å². The number of aromatic nitrogens is 2. The highest BCUT2D eigenvalue weighted by Crippen LogP contribution is 2.46. The lowest BCUT2D eigenvalue weighted by Gasteiger charge is -2.31. The van der Waals surface area contributed by atoms with Gasteiger partial charge >= 0.3 is 6.01 Å². The Bertz CT molecular complexity index is 1920. The molecule has 0 aliphatic carbocycles. The van der Waals surface area contributed by atoms with Crippen LogP contribution in [0.5, 0.6) is 6.01 Å². The molecular formula is C32H29ClF3N7OS. The van der Waals surface area contributed by atoms with Gasteiger partial charge in [-0.1, -0.05) is 24.1 Å². The monoisotopic (exact) mass is 651 g/mol. The molecule has 5 heterocycles. The minimum Gasteiger partial charge on any atom is -0.461 e. The maximum absolute atomic E-state index is 16.9. The van der Waals surface area contributed by atoms with Gasteiger partial charge in [0.2, 0.25) is 0 Å². The van der Waals surface area contributed by atoms with Gasteiger partial charge in [-0.15, -0.1) is 11.3 Å². The first-order valence-corrected chi connectivity index (χ1v) is 16.2. The Morgan fingerprint density at radius 1 is 1.16 bits per heavy atom. The molecule has 45 heavy (non-hydrogen) atoms. The Morgan fingerprint density at radius 3 is 2.80 bits per heavy atom. The fraction of sp³-hybridized carbons (Fsp3) is 0.438. The molecule has 2 N–H and O–H groups in total. The maximum atomic E-state index is 16.9. The minimum atomic E-state index is -0.943. The molecule has 3 aliphatic heterocycles. The van der Waals surface area contributed by atoms with Crippen LogP contribution in [-0.4, -0.2) is 59.4 Å². The summed E-state index contributed by atoms with van der Waals surface area (Å²) in [6.07, 6.45) is 3.55. The van der Waals surface area contributed by atoms with Crippen LogP contribution in [0, 0.1) is 40.2 Å². The molecule has 3 atom stereocenters. The van der Waals surface area contributed by atoms with E-state index in [4.69, 9.17) is 27.1 Å². The van der Waals surface area contributed by atoms with Gasteiger partial charge in [-0.05, 0) is 49.9 Å². The summed E-state index contributed by atoms with van der Waals surface area (Å²) in [5, 5.41) is 20.2. The number of nitrogen functional groups attached to an aromatic ring is 1. The molecule has 0 bridgehead atoms. The third-order valence-corrected chi connectivity index (χ3v) is 10.8. The number of benzene rings is 2.